The third kappa shape index (κ3) is 2.20. The number of hydrogen-bond donors (Lipinski definition) is 3. The molecular weight excluding hydrogens is 242 g/mol. The fourth-order valence-corrected chi connectivity index (χ4v) is 3.49. The Morgan fingerprint density at radius 2 is 2.05 bits per heavy atom. The molecule has 2 saturated heterocycles. The Balaban J connectivity index is 1.81. The smallest absolute Gasteiger partial charge is 0.254 e. The molecule has 2 aliphatic heterocycles. The molecule has 0 saturated carbocycles. The zero-order valence-corrected chi connectivity index (χ0v) is 11.4. The fraction of sp³-hybridized carbons (Fsp3) is 0.692. The van der Waals surface area contributed by atoms with Crippen molar-refractivity contribution < 1.29 is 4.79 Å². The van der Waals surface area contributed by atoms with Crippen LogP contribution < -0.4 is 16.4 Å². The van der Waals surface area contributed by atoms with Crippen LogP contribution in [0.3, 0.4) is 0 Å². The molecular formula is C13H21N5O. The zero-order chi connectivity index (χ0) is 13.6. The molecule has 1 aromatic rings. The normalized spacial score (nSPS) is 29.5. The van der Waals surface area contributed by atoms with Crippen LogP contribution in [0.2, 0.25) is 0 Å². The van der Waals surface area contributed by atoms with Crippen molar-refractivity contribution in [2.24, 2.45) is 12.8 Å². The van der Waals surface area contributed by atoms with Crippen molar-refractivity contribution in [2.75, 3.05) is 5.32 Å². The number of aryl methyl sites for hydroxylation is 2. The number of piperidine rings is 1. The van der Waals surface area contributed by atoms with Gasteiger partial charge in [-0.3, -0.25) is 9.48 Å². The van der Waals surface area contributed by atoms with E-state index in [2.05, 4.69) is 15.7 Å². The van der Waals surface area contributed by atoms with E-state index >= 15 is 0 Å². The lowest BCUT2D eigenvalue weighted by Crippen LogP contribution is -2.43. The van der Waals surface area contributed by atoms with E-state index < -0.39 is 5.91 Å². The maximum atomic E-state index is 11.6. The van der Waals surface area contributed by atoms with E-state index in [0.29, 0.717) is 29.4 Å². The van der Waals surface area contributed by atoms with Crippen LogP contribution in [0.4, 0.5) is 5.82 Å². The summed E-state index contributed by atoms with van der Waals surface area (Å²) in [5.74, 6) is 0.348. The molecule has 0 radical (unpaired) electrons. The minimum Gasteiger partial charge on any atom is -0.367 e. The Morgan fingerprint density at radius 3 is 2.63 bits per heavy atom. The molecule has 6 nitrogen and oxygen atoms in total. The lowest BCUT2D eigenvalue weighted by Gasteiger charge is -2.30. The maximum absolute atomic E-state index is 11.6. The minimum absolute atomic E-state index is 0.395. The second-order valence-electron chi connectivity index (χ2n) is 5.75. The van der Waals surface area contributed by atoms with Gasteiger partial charge in [0.2, 0.25) is 0 Å². The fourth-order valence-electron chi connectivity index (χ4n) is 3.49. The van der Waals surface area contributed by atoms with Crippen LogP contribution in [0.1, 0.15) is 41.7 Å². The monoisotopic (exact) mass is 263 g/mol. The van der Waals surface area contributed by atoms with Crippen molar-refractivity contribution >= 4 is 11.7 Å². The Hall–Kier alpha value is -1.56. The molecule has 0 aliphatic carbocycles. The third-order valence-corrected chi connectivity index (χ3v) is 4.28. The van der Waals surface area contributed by atoms with Gasteiger partial charge in [0, 0.05) is 25.2 Å². The highest BCUT2D eigenvalue weighted by Crippen LogP contribution is 2.29. The highest BCUT2D eigenvalue weighted by atomic mass is 16.1. The SMILES string of the molecule is Cc1nn(C)c(NC2CC3CCC(C2)N3)c1C(N)=O. The van der Waals surface area contributed by atoms with E-state index in [4.69, 9.17) is 5.73 Å². The summed E-state index contributed by atoms with van der Waals surface area (Å²) in [5, 5.41) is 11.4. The molecule has 3 rings (SSSR count). The molecule has 104 valence electrons. The number of nitrogens with zero attached hydrogens (tertiary/aromatic N) is 2. The highest BCUT2D eigenvalue weighted by Gasteiger charge is 2.34. The number of primary amides is 1. The molecule has 2 bridgehead atoms. The number of carbonyl (C=O) groups is 1. The summed E-state index contributed by atoms with van der Waals surface area (Å²) in [6.07, 6.45) is 4.71. The predicted molar refractivity (Wildman–Crippen MR) is 73.1 cm³/mol. The molecule has 2 unspecified atom stereocenters. The number of fused-ring (bicyclic) bond motifs is 2. The van der Waals surface area contributed by atoms with Crippen molar-refractivity contribution in [1.82, 2.24) is 15.1 Å². The summed E-state index contributed by atoms with van der Waals surface area (Å²) in [7, 11) is 1.84. The third-order valence-electron chi connectivity index (χ3n) is 4.28. The minimum atomic E-state index is -0.412. The van der Waals surface area contributed by atoms with Crippen LogP contribution in [0.25, 0.3) is 0 Å². The molecule has 0 aromatic carbocycles. The van der Waals surface area contributed by atoms with Crippen LogP contribution in [0, 0.1) is 6.92 Å². The van der Waals surface area contributed by atoms with Crippen molar-refractivity contribution in [3.8, 4) is 0 Å². The van der Waals surface area contributed by atoms with Gasteiger partial charge in [-0.05, 0) is 32.6 Å². The summed E-state index contributed by atoms with van der Waals surface area (Å²) in [4.78, 5) is 11.6. The number of rotatable bonds is 3. The van der Waals surface area contributed by atoms with Gasteiger partial charge in [-0.2, -0.15) is 5.10 Å². The van der Waals surface area contributed by atoms with Crippen molar-refractivity contribution in [3.05, 3.63) is 11.3 Å². The molecule has 1 aromatic heterocycles. The number of nitrogens with two attached hydrogens (primary N) is 1. The van der Waals surface area contributed by atoms with Crippen molar-refractivity contribution in [2.45, 2.75) is 50.7 Å². The van der Waals surface area contributed by atoms with Gasteiger partial charge in [-0.1, -0.05) is 0 Å². The van der Waals surface area contributed by atoms with Gasteiger partial charge in [-0.15, -0.1) is 0 Å². The van der Waals surface area contributed by atoms with E-state index in [9.17, 15) is 4.79 Å². The molecule has 19 heavy (non-hydrogen) atoms. The first kappa shape index (κ1) is 12.5. The van der Waals surface area contributed by atoms with Gasteiger partial charge < -0.3 is 16.4 Å². The van der Waals surface area contributed by atoms with Gasteiger partial charge in [0.25, 0.3) is 5.91 Å². The average Bonchev–Trinajstić information content (AvgIpc) is 2.80. The quantitative estimate of drug-likeness (QED) is 0.742. The zero-order valence-electron chi connectivity index (χ0n) is 11.4. The lowest BCUT2D eigenvalue weighted by atomic mass is 9.99. The van der Waals surface area contributed by atoms with Gasteiger partial charge in [0.15, 0.2) is 0 Å². The van der Waals surface area contributed by atoms with Gasteiger partial charge in [0.1, 0.15) is 11.4 Å². The second-order valence-corrected chi connectivity index (χ2v) is 5.75. The number of amides is 1. The molecule has 1 amide bonds. The number of nitrogens with one attached hydrogen (secondary N) is 2. The van der Waals surface area contributed by atoms with Gasteiger partial charge >= 0.3 is 0 Å². The van der Waals surface area contributed by atoms with Crippen molar-refractivity contribution in [1.29, 1.82) is 0 Å². The standard InChI is InChI=1S/C13H21N5O/c1-7-11(12(14)19)13(18(2)17-7)16-10-5-8-3-4-9(6-10)15-8/h8-10,15-16H,3-6H2,1-2H3,(H2,14,19). The molecule has 6 heteroatoms. The van der Waals surface area contributed by atoms with Crippen molar-refractivity contribution in [3.63, 3.8) is 0 Å². The highest BCUT2D eigenvalue weighted by molar-refractivity contribution is 5.98. The van der Waals surface area contributed by atoms with E-state index in [1.807, 2.05) is 14.0 Å². The van der Waals surface area contributed by atoms with E-state index in [0.717, 1.165) is 18.7 Å². The number of aromatic nitrogens is 2. The molecule has 4 N–H and O–H groups in total. The van der Waals surface area contributed by atoms with Crippen LogP contribution in [0.5, 0.6) is 0 Å². The van der Waals surface area contributed by atoms with E-state index in [1.165, 1.54) is 12.8 Å². The predicted octanol–water partition coefficient (Wildman–Crippen LogP) is 0.522. The Morgan fingerprint density at radius 1 is 1.42 bits per heavy atom. The largest absolute Gasteiger partial charge is 0.367 e. The molecule has 2 fully saturated rings. The van der Waals surface area contributed by atoms with Gasteiger partial charge in [0.05, 0.1) is 5.69 Å². The van der Waals surface area contributed by atoms with Gasteiger partial charge in [-0.25, -0.2) is 0 Å². The Bertz CT molecular complexity index is 497. The summed E-state index contributed by atoms with van der Waals surface area (Å²) < 4.78 is 1.72. The average molecular weight is 263 g/mol. The van der Waals surface area contributed by atoms with Crippen LogP contribution in [-0.2, 0) is 7.05 Å². The first-order chi connectivity index (χ1) is 9.04. The number of carbonyl (C=O) groups excluding carboxylic acids is 1. The van der Waals surface area contributed by atoms with E-state index in [-0.39, 0.29) is 0 Å². The number of hydrogen-bond acceptors (Lipinski definition) is 4. The van der Waals surface area contributed by atoms with Crippen LogP contribution in [-0.4, -0.2) is 33.8 Å². The number of anilines is 1. The second kappa shape index (κ2) is 4.52. The molecule has 0 spiro atoms. The van der Waals surface area contributed by atoms with Crippen LogP contribution >= 0.6 is 0 Å². The first-order valence-corrected chi connectivity index (χ1v) is 6.90. The summed E-state index contributed by atoms with van der Waals surface area (Å²) in [6, 6.07) is 1.62. The van der Waals surface area contributed by atoms with Crippen LogP contribution in [0.15, 0.2) is 0 Å². The Labute approximate surface area is 112 Å². The molecule has 2 atom stereocenters. The Kier molecular flexibility index (Phi) is 2.97. The molecule has 2 aliphatic rings. The van der Waals surface area contributed by atoms with E-state index in [1.54, 1.807) is 4.68 Å². The summed E-state index contributed by atoms with van der Waals surface area (Å²) in [5.41, 5.74) is 6.67. The summed E-state index contributed by atoms with van der Waals surface area (Å²) >= 11 is 0. The summed E-state index contributed by atoms with van der Waals surface area (Å²) in [6.45, 7) is 1.82. The topological polar surface area (TPSA) is 85.0 Å². The maximum Gasteiger partial charge on any atom is 0.254 e. The first-order valence-electron chi connectivity index (χ1n) is 6.90. The lowest BCUT2D eigenvalue weighted by molar-refractivity contribution is 0.100. The molecule has 3 heterocycles.